The van der Waals surface area contributed by atoms with Crippen molar-refractivity contribution in [1.29, 1.82) is 0 Å². The van der Waals surface area contributed by atoms with Gasteiger partial charge in [-0.1, -0.05) is 18.2 Å². The predicted octanol–water partition coefficient (Wildman–Crippen LogP) is 1.85. The molecule has 0 bridgehead atoms. The summed E-state index contributed by atoms with van der Waals surface area (Å²) in [5, 5.41) is 5.72. The minimum absolute atomic E-state index is 0.249. The SMILES string of the molecule is C[C@@H](N)CCc1c2ccccc2nn1C. The Morgan fingerprint density at radius 2 is 2.13 bits per heavy atom. The molecule has 1 aromatic heterocycles. The molecule has 0 saturated heterocycles. The number of rotatable bonds is 3. The fourth-order valence-corrected chi connectivity index (χ4v) is 1.86. The minimum Gasteiger partial charge on any atom is -0.328 e. The third-order valence-electron chi connectivity index (χ3n) is 2.70. The van der Waals surface area contributed by atoms with Crippen LogP contribution in [0.2, 0.25) is 0 Å². The molecule has 3 nitrogen and oxygen atoms in total. The van der Waals surface area contributed by atoms with Gasteiger partial charge in [0.15, 0.2) is 0 Å². The molecule has 0 saturated carbocycles. The van der Waals surface area contributed by atoms with Crippen molar-refractivity contribution < 1.29 is 0 Å². The Morgan fingerprint density at radius 1 is 1.40 bits per heavy atom. The molecule has 2 N–H and O–H groups in total. The van der Waals surface area contributed by atoms with Crippen molar-refractivity contribution >= 4 is 10.9 Å². The van der Waals surface area contributed by atoms with Crippen LogP contribution in [-0.4, -0.2) is 15.8 Å². The standard InChI is InChI=1S/C12H17N3/c1-9(13)7-8-12-10-5-3-4-6-11(10)14-15(12)2/h3-6,9H,7-8,13H2,1-2H3/t9-/m1/s1. The molecular weight excluding hydrogens is 186 g/mol. The summed E-state index contributed by atoms with van der Waals surface area (Å²) in [6.07, 6.45) is 2.00. The maximum absolute atomic E-state index is 5.77. The number of hydrogen-bond acceptors (Lipinski definition) is 2. The molecule has 0 unspecified atom stereocenters. The maximum Gasteiger partial charge on any atom is 0.0926 e. The van der Waals surface area contributed by atoms with Crippen molar-refractivity contribution in [2.24, 2.45) is 12.8 Å². The highest BCUT2D eigenvalue weighted by Crippen LogP contribution is 2.18. The van der Waals surface area contributed by atoms with E-state index in [0.29, 0.717) is 0 Å². The summed E-state index contributed by atoms with van der Waals surface area (Å²) in [6.45, 7) is 2.04. The zero-order valence-electron chi connectivity index (χ0n) is 9.27. The first-order chi connectivity index (χ1) is 7.18. The third kappa shape index (κ3) is 2.02. The summed E-state index contributed by atoms with van der Waals surface area (Å²) >= 11 is 0. The zero-order chi connectivity index (χ0) is 10.8. The van der Waals surface area contributed by atoms with Crippen molar-refractivity contribution in [2.75, 3.05) is 0 Å². The number of benzene rings is 1. The summed E-state index contributed by atoms with van der Waals surface area (Å²) < 4.78 is 1.97. The highest BCUT2D eigenvalue weighted by Gasteiger charge is 2.08. The molecule has 0 amide bonds. The molecule has 0 radical (unpaired) electrons. The molecule has 15 heavy (non-hydrogen) atoms. The highest BCUT2D eigenvalue weighted by atomic mass is 15.3. The van der Waals surface area contributed by atoms with Crippen LogP contribution in [0.25, 0.3) is 10.9 Å². The van der Waals surface area contributed by atoms with Crippen LogP contribution in [0, 0.1) is 0 Å². The van der Waals surface area contributed by atoms with E-state index in [1.54, 1.807) is 0 Å². The topological polar surface area (TPSA) is 43.8 Å². The number of aryl methyl sites for hydroxylation is 2. The van der Waals surface area contributed by atoms with Crippen LogP contribution in [0.3, 0.4) is 0 Å². The fraction of sp³-hybridized carbons (Fsp3) is 0.417. The zero-order valence-corrected chi connectivity index (χ0v) is 9.27. The normalized spacial score (nSPS) is 13.3. The molecule has 0 aliphatic heterocycles. The molecule has 1 heterocycles. The molecular formula is C12H17N3. The van der Waals surface area contributed by atoms with Gasteiger partial charge in [0.2, 0.25) is 0 Å². The van der Waals surface area contributed by atoms with E-state index in [9.17, 15) is 0 Å². The molecule has 0 aliphatic carbocycles. The van der Waals surface area contributed by atoms with Gasteiger partial charge in [-0.2, -0.15) is 5.10 Å². The van der Waals surface area contributed by atoms with Crippen LogP contribution in [0.15, 0.2) is 24.3 Å². The summed E-state index contributed by atoms with van der Waals surface area (Å²) in [7, 11) is 2.00. The third-order valence-corrected chi connectivity index (χ3v) is 2.70. The smallest absolute Gasteiger partial charge is 0.0926 e. The molecule has 1 atom stereocenters. The Labute approximate surface area is 89.9 Å². The Hall–Kier alpha value is -1.35. The van der Waals surface area contributed by atoms with E-state index in [-0.39, 0.29) is 6.04 Å². The van der Waals surface area contributed by atoms with E-state index in [2.05, 4.69) is 17.2 Å². The Balaban J connectivity index is 2.36. The van der Waals surface area contributed by atoms with Gasteiger partial charge in [-0.3, -0.25) is 4.68 Å². The predicted molar refractivity (Wildman–Crippen MR) is 62.7 cm³/mol. The van der Waals surface area contributed by atoms with Gasteiger partial charge in [-0.05, 0) is 25.8 Å². The molecule has 1 aromatic carbocycles. The fourth-order valence-electron chi connectivity index (χ4n) is 1.86. The van der Waals surface area contributed by atoms with Gasteiger partial charge in [-0.25, -0.2) is 0 Å². The molecule has 0 aliphatic rings. The first-order valence-corrected chi connectivity index (χ1v) is 5.34. The lowest BCUT2D eigenvalue weighted by molar-refractivity contribution is 0.627. The van der Waals surface area contributed by atoms with Crippen LogP contribution in [-0.2, 0) is 13.5 Å². The Bertz CT molecular complexity index is 457. The van der Waals surface area contributed by atoms with Crippen LogP contribution in [0.4, 0.5) is 0 Å². The van der Waals surface area contributed by atoms with Crippen molar-refractivity contribution in [1.82, 2.24) is 9.78 Å². The summed E-state index contributed by atoms with van der Waals surface area (Å²) in [5.41, 5.74) is 8.12. The first kappa shape index (κ1) is 10.2. The van der Waals surface area contributed by atoms with Gasteiger partial charge >= 0.3 is 0 Å². The van der Waals surface area contributed by atoms with E-state index in [1.165, 1.54) is 11.1 Å². The van der Waals surface area contributed by atoms with E-state index in [1.807, 2.05) is 30.8 Å². The maximum atomic E-state index is 5.77. The van der Waals surface area contributed by atoms with E-state index < -0.39 is 0 Å². The van der Waals surface area contributed by atoms with Gasteiger partial charge in [0, 0.05) is 24.2 Å². The number of fused-ring (bicyclic) bond motifs is 1. The van der Waals surface area contributed by atoms with E-state index in [4.69, 9.17) is 5.73 Å². The van der Waals surface area contributed by atoms with E-state index >= 15 is 0 Å². The summed E-state index contributed by atoms with van der Waals surface area (Å²) in [6, 6.07) is 8.49. The second-order valence-electron chi connectivity index (χ2n) is 4.10. The average molecular weight is 203 g/mol. The molecule has 3 heteroatoms. The molecule has 2 rings (SSSR count). The van der Waals surface area contributed by atoms with Crippen molar-refractivity contribution in [3.8, 4) is 0 Å². The van der Waals surface area contributed by atoms with Gasteiger partial charge in [0.05, 0.1) is 5.52 Å². The number of nitrogens with two attached hydrogens (primary N) is 1. The van der Waals surface area contributed by atoms with Crippen LogP contribution in [0.5, 0.6) is 0 Å². The summed E-state index contributed by atoms with van der Waals surface area (Å²) in [4.78, 5) is 0. The first-order valence-electron chi connectivity index (χ1n) is 5.34. The van der Waals surface area contributed by atoms with Crippen LogP contribution >= 0.6 is 0 Å². The molecule has 0 spiro atoms. The number of hydrogen-bond donors (Lipinski definition) is 1. The second-order valence-corrected chi connectivity index (χ2v) is 4.10. The van der Waals surface area contributed by atoms with Crippen LogP contribution < -0.4 is 5.73 Å². The average Bonchev–Trinajstić information content (AvgIpc) is 2.50. The van der Waals surface area contributed by atoms with Crippen molar-refractivity contribution in [3.63, 3.8) is 0 Å². The second kappa shape index (κ2) is 4.03. The minimum atomic E-state index is 0.249. The molecule has 0 fully saturated rings. The largest absolute Gasteiger partial charge is 0.328 e. The number of nitrogens with zero attached hydrogens (tertiary/aromatic N) is 2. The number of aromatic nitrogens is 2. The lowest BCUT2D eigenvalue weighted by Crippen LogP contribution is -2.16. The van der Waals surface area contributed by atoms with E-state index in [0.717, 1.165) is 18.4 Å². The highest BCUT2D eigenvalue weighted by molar-refractivity contribution is 5.81. The van der Waals surface area contributed by atoms with Gasteiger partial charge in [0.1, 0.15) is 0 Å². The summed E-state index contributed by atoms with van der Waals surface area (Å²) in [5.74, 6) is 0. The quantitative estimate of drug-likeness (QED) is 0.827. The van der Waals surface area contributed by atoms with Crippen molar-refractivity contribution in [2.45, 2.75) is 25.8 Å². The lowest BCUT2D eigenvalue weighted by Gasteiger charge is -2.05. The Morgan fingerprint density at radius 3 is 2.87 bits per heavy atom. The molecule has 2 aromatic rings. The van der Waals surface area contributed by atoms with Crippen LogP contribution in [0.1, 0.15) is 19.0 Å². The van der Waals surface area contributed by atoms with Crippen molar-refractivity contribution in [3.05, 3.63) is 30.0 Å². The Kier molecular flexibility index (Phi) is 2.73. The molecule has 80 valence electrons. The van der Waals surface area contributed by atoms with Gasteiger partial charge < -0.3 is 5.73 Å². The van der Waals surface area contributed by atoms with Gasteiger partial charge in [-0.15, -0.1) is 0 Å². The van der Waals surface area contributed by atoms with Gasteiger partial charge in [0.25, 0.3) is 0 Å². The lowest BCUT2D eigenvalue weighted by atomic mass is 10.1. The monoisotopic (exact) mass is 203 g/mol.